The topological polar surface area (TPSA) is 52.3 Å². The van der Waals surface area contributed by atoms with E-state index in [-0.39, 0.29) is 10.8 Å². The molecule has 1 aromatic heterocycles. The van der Waals surface area contributed by atoms with E-state index in [2.05, 4.69) is 38.8 Å². The fourth-order valence-electron chi connectivity index (χ4n) is 2.80. The Morgan fingerprint density at radius 1 is 1.17 bits per heavy atom. The number of oxazole rings is 1. The lowest BCUT2D eigenvalue weighted by Gasteiger charge is -2.37. The molecule has 1 atom stereocenters. The van der Waals surface area contributed by atoms with E-state index in [1.54, 1.807) is 24.3 Å². The van der Waals surface area contributed by atoms with Crippen LogP contribution in [0, 0.1) is 0 Å². The SMILES string of the molecule is C[C@H](O[Si](C)(C)C(C)(C)C)C(=O)/C=C\c1cccc2nc(-c3ccc(Cl)cc3)oc12. The summed E-state index contributed by atoms with van der Waals surface area (Å²) in [6.45, 7) is 12.6. The maximum atomic E-state index is 12.7. The van der Waals surface area contributed by atoms with Crippen molar-refractivity contribution >= 4 is 42.9 Å². The minimum Gasteiger partial charge on any atom is -0.435 e. The number of benzene rings is 2. The second-order valence-electron chi connectivity index (χ2n) is 8.98. The molecule has 6 heteroatoms. The average molecular weight is 442 g/mol. The highest BCUT2D eigenvalue weighted by molar-refractivity contribution is 6.74. The lowest BCUT2D eigenvalue weighted by Crippen LogP contribution is -2.44. The number of aromatic nitrogens is 1. The Morgan fingerprint density at radius 3 is 2.47 bits per heavy atom. The van der Waals surface area contributed by atoms with Gasteiger partial charge in [0.25, 0.3) is 0 Å². The van der Waals surface area contributed by atoms with Gasteiger partial charge in [-0.05, 0) is 67.5 Å². The van der Waals surface area contributed by atoms with Gasteiger partial charge in [0.1, 0.15) is 11.6 Å². The van der Waals surface area contributed by atoms with Gasteiger partial charge in [-0.1, -0.05) is 44.5 Å². The van der Waals surface area contributed by atoms with Gasteiger partial charge in [0.2, 0.25) is 5.89 Å². The summed E-state index contributed by atoms with van der Waals surface area (Å²) in [6, 6.07) is 13.0. The Bertz CT molecular complexity index is 1080. The number of carbonyl (C=O) groups is 1. The van der Waals surface area contributed by atoms with Gasteiger partial charge in [-0.15, -0.1) is 0 Å². The van der Waals surface area contributed by atoms with E-state index in [4.69, 9.17) is 20.4 Å². The number of hydrogen-bond acceptors (Lipinski definition) is 4. The Balaban J connectivity index is 1.82. The molecule has 0 unspecified atom stereocenters. The van der Waals surface area contributed by atoms with E-state index in [1.807, 2.05) is 37.3 Å². The molecule has 0 aliphatic rings. The first-order chi connectivity index (χ1) is 14.0. The van der Waals surface area contributed by atoms with Gasteiger partial charge in [-0.25, -0.2) is 4.98 Å². The number of nitrogens with zero attached hydrogens (tertiary/aromatic N) is 1. The first-order valence-electron chi connectivity index (χ1n) is 10.0. The fourth-order valence-corrected chi connectivity index (χ4v) is 4.28. The monoisotopic (exact) mass is 441 g/mol. The standard InChI is InChI=1S/C24H28ClNO3Si/c1-16(29-30(5,6)24(2,3)4)21(27)15-12-17-8-7-9-20-22(17)28-23(26-20)18-10-13-19(25)14-11-18/h7-16H,1-6H3/b15-12-/t16-/m0/s1. The van der Waals surface area contributed by atoms with E-state index < -0.39 is 14.4 Å². The van der Waals surface area contributed by atoms with Gasteiger partial charge in [-0.2, -0.15) is 0 Å². The van der Waals surface area contributed by atoms with Crippen molar-refractivity contribution in [3.8, 4) is 11.5 Å². The molecule has 0 bridgehead atoms. The zero-order valence-electron chi connectivity index (χ0n) is 18.3. The van der Waals surface area contributed by atoms with E-state index in [0.717, 1.165) is 16.6 Å². The van der Waals surface area contributed by atoms with Gasteiger partial charge in [-0.3, -0.25) is 4.79 Å². The first kappa shape index (κ1) is 22.5. The molecular weight excluding hydrogens is 414 g/mol. The molecule has 158 valence electrons. The smallest absolute Gasteiger partial charge is 0.227 e. The van der Waals surface area contributed by atoms with Gasteiger partial charge < -0.3 is 8.84 Å². The molecule has 0 aliphatic heterocycles. The average Bonchev–Trinajstić information content (AvgIpc) is 3.10. The Kier molecular flexibility index (Phi) is 6.36. The minimum atomic E-state index is -2.01. The van der Waals surface area contributed by atoms with Crippen molar-refractivity contribution in [2.75, 3.05) is 0 Å². The van der Waals surface area contributed by atoms with Crippen molar-refractivity contribution in [3.63, 3.8) is 0 Å². The highest BCUT2D eigenvalue weighted by Gasteiger charge is 2.39. The summed E-state index contributed by atoms with van der Waals surface area (Å²) in [6.07, 6.45) is 2.85. The molecule has 0 saturated carbocycles. The van der Waals surface area contributed by atoms with Crippen molar-refractivity contribution in [1.29, 1.82) is 0 Å². The molecule has 0 radical (unpaired) electrons. The quantitative estimate of drug-likeness (QED) is 0.301. The molecule has 2 aromatic carbocycles. The summed E-state index contributed by atoms with van der Waals surface area (Å²) in [4.78, 5) is 17.2. The van der Waals surface area contributed by atoms with Crippen LogP contribution in [0.2, 0.25) is 23.2 Å². The summed E-state index contributed by atoms with van der Waals surface area (Å²) >= 11 is 5.96. The van der Waals surface area contributed by atoms with Gasteiger partial charge >= 0.3 is 0 Å². The molecule has 30 heavy (non-hydrogen) atoms. The molecule has 3 aromatic rings. The third-order valence-electron chi connectivity index (χ3n) is 5.64. The number of carbonyl (C=O) groups excluding carboxylic acids is 1. The predicted octanol–water partition coefficient (Wildman–Crippen LogP) is 7.14. The zero-order chi connectivity index (χ0) is 22.1. The predicted molar refractivity (Wildman–Crippen MR) is 126 cm³/mol. The van der Waals surface area contributed by atoms with E-state index >= 15 is 0 Å². The van der Waals surface area contributed by atoms with Crippen molar-refractivity contribution in [2.45, 2.75) is 51.9 Å². The molecule has 1 heterocycles. The van der Waals surface area contributed by atoms with Crippen LogP contribution in [0.3, 0.4) is 0 Å². The van der Waals surface area contributed by atoms with Crippen LogP contribution < -0.4 is 0 Å². The van der Waals surface area contributed by atoms with Gasteiger partial charge in [0.05, 0.1) is 0 Å². The van der Waals surface area contributed by atoms with E-state index in [9.17, 15) is 4.79 Å². The number of halogens is 1. The summed E-state index contributed by atoms with van der Waals surface area (Å²) in [5.74, 6) is 0.456. The summed E-state index contributed by atoms with van der Waals surface area (Å²) in [7, 11) is -2.01. The lowest BCUT2D eigenvalue weighted by molar-refractivity contribution is -0.120. The van der Waals surface area contributed by atoms with Crippen LogP contribution in [0.25, 0.3) is 28.6 Å². The third kappa shape index (κ3) is 4.91. The van der Waals surface area contributed by atoms with Crippen LogP contribution >= 0.6 is 11.6 Å². The van der Waals surface area contributed by atoms with Crippen molar-refractivity contribution < 1.29 is 13.6 Å². The molecule has 0 saturated heterocycles. The first-order valence-corrected chi connectivity index (χ1v) is 13.3. The highest BCUT2D eigenvalue weighted by atomic mass is 35.5. The fraction of sp³-hybridized carbons (Fsp3) is 0.333. The van der Waals surface area contributed by atoms with Crippen LogP contribution in [0.15, 0.2) is 53.0 Å². The van der Waals surface area contributed by atoms with Gasteiger partial charge in [0.15, 0.2) is 19.7 Å². The summed E-state index contributed by atoms with van der Waals surface area (Å²) < 4.78 is 12.2. The van der Waals surface area contributed by atoms with Crippen LogP contribution in [0.1, 0.15) is 33.3 Å². The number of para-hydroxylation sites is 1. The number of ketones is 1. The minimum absolute atomic E-state index is 0.0504. The van der Waals surface area contributed by atoms with E-state index in [0.29, 0.717) is 16.5 Å². The number of hydrogen-bond donors (Lipinski definition) is 0. The molecule has 0 N–H and O–H groups in total. The lowest BCUT2D eigenvalue weighted by atomic mass is 10.1. The Morgan fingerprint density at radius 2 is 1.83 bits per heavy atom. The molecule has 0 amide bonds. The maximum absolute atomic E-state index is 12.7. The highest BCUT2D eigenvalue weighted by Crippen LogP contribution is 2.37. The largest absolute Gasteiger partial charge is 0.435 e. The molecule has 0 fully saturated rings. The zero-order valence-corrected chi connectivity index (χ0v) is 20.1. The van der Waals surface area contributed by atoms with Crippen molar-refractivity contribution in [3.05, 3.63) is 59.1 Å². The summed E-state index contributed by atoms with van der Waals surface area (Å²) in [5.41, 5.74) is 3.02. The van der Waals surface area contributed by atoms with Crippen LogP contribution in [-0.2, 0) is 9.22 Å². The van der Waals surface area contributed by atoms with Crippen LogP contribution in [-0.4, -0.2) is 25.2 Å². The van der Waals surface area contributed by atoms with Gasteiger partial charge in [0, 0.05) is 16.1 Å². The Labute approximate surface area is 184 Å². The number of fused-ring (bicyclic) bond motifs is 1. The molecular formula is C24H28ClNO3Si. The van der Waals surface area contributed by atoms with Crippen LogP contribution in [0.4, 0.5) is 0 Å². The maximum Gasteiger partial charge on any atom is 0.227 e. The Hall–Kier alpha value is -2.21. The number of rotatable bonds is 6. The molecule has 0 aliphatic carbocycles. The second kappa shape index (κ2) is 8.50. The normalized spacial score (nSPS) is 13.8. The van der Waals surface area contributed by atoms with Crippen LogP contribution in [0.5, 0.6) is 0 Å². The second-order valence-corrected chi connectivity index (χ2v) is 14.2. The molecule has 4 nitrogen and oxygen atoms in total. The van der Waals surface area contributed by atoms with Crippen molar-refractivity contribution in [2.24, 2.45) is 0 Å². The van der Waals surface area contributed by atoms with E-state index in [1.165, 1.54) is 0 Å². The molecule has 0 spiro atoms. The van der Waals surface area contributed by atoms with Crippen molar-refractivity contribution in [1.82, 2.24) is 4.98 Å². The summed E-state index contributed by atoms with van der Waals surface area (Å²) in [5, 5.41) is 0.709. The third-order valence-corrected chi connectivity index (χ3v) is 10.4. The molecule has 3 rings (SSSR count).